The van der Waals surface area contributed by atoms with Crippen molar-refractivity contribution in [3.8, 4) is 0 Å². The molecule has 5 heteroatoms. The molecule has 0 unspecified atom stereocenters. The van der Waals surface area contributed by atoms with Crippen LogP contribution in [-0.4, -0.2) is 37.2 Å². The van der Waals surface area contributed by atoms with Gasteiger partial charge >= 0.3 is 0 Å². The second kappa shape index (κ2) is 14.9. The third-order valence-corrected chi connectivity index (χ3v) is 5.83. The smallest absolute Gasteiger partial charge is 0.0480 e. The number of likely N-dealkylation sites (tertiary alicyclic amines) is 1. The predicted octanol–water partition coefficient (Wildman–Crippen LogP) is 4.55. The molecule has 2 aromatic carbocycles. The van der Waals surface area contributed by atoms with Crippen molar-refractivity contribution in [3.05, 3.63) is 69.3 Å². The van der Waals surface area contributed by atoms with Gasteiger partial charge in [-0.3, -0.25) is 4.90 Å². The molecule has 160 valence electrons. The number of benzene rings is 2. The second-order valence-electron chi connectivity index (χ2n) is 7.60. The molecule has 2 saturated heterocycles. The van der Waals surface area contributed by atoms with Crippen molar-refractivity contribution in [2.24, 2.45) is 11.5 Å². The molecule has 4 nitrogen and oxygen atoms in total. The quantitative estimate of drug-likeness (QED) is 0.597. The molecule has 0 amide bonds. The van der Waals surface area contributed by atoms with Crippen LogP contribution in [0.15, 0.2) is 54.6 Å². The minimum absolute atomic E-state index is 0.411. The summed E-state index contributed by atoms with van der Waals surface area (Å²) in [7, 11) is 0. The SMILES string of the molecule is NC1CCOCC1.NCc1ccc(I)cc1.c1ccc(CN2CCCCC2)cc1. The van der Waals surface area contributed by atoms with Crippen LogP contribution in [0.1, 0.15) is 43.2 Å². The Morgan fingerprint density at radius 2 is 1.48 bits per heavy atom. The highest BCUT2D eigenvalue weighted by atomic mass is 127. The van der Waals surface area contributed by atoms with Gasteiger partial charge in [-0.05, 0) is 84.6 Å². The first kappa shape index (κ1) is 24.3. The fraction of sp³-hybridized carbons (Fsp3) is 0.500. The Bertz CT molecular complexity index is 639. The molecule has 0 spiro atoms. The van der Waals surface area contributed by atoms with Gasteiger partial charge in [0, 0.05) is 35.9 Å². The maximum atomic E-state index is 5.55. The highest BCUT2D eigenvalue weighted by Crippen LogP contribution is 2.12. The van der Waals surface area contributed by atoms with Gasteiger partial charge < -0.3 is 16.2 Å². The first-order valence-corrected chi connectivity index (χ1v) is 11.8. The van der Waals surface area contributed by atoms with Crippen LogP contribution in [-0.2, 0) is 17.8 Å². The Kier molecular flexibility index (Phi) is 12.5. The van der Waals surface area contributed by atoms with Gasteiger partial charge in [0.2, 0.25) is 0 Å². The van der Waals surface area contributed by atoms with E-state index in [0.717, 1.165) is 32.6 Å². The highest BCUT2D eigenvalue weighted by molar-refractivity contribution is 14.1. The number of rotatable bonds is 3. The molecule has 0 bridgehead atoms. The van der Waals surface area contributed by atoms with Crippen molar-refractivity contribution in [1.29, 1.82) is 0 Å². The molecule has 0 aliphatic carbocycles. The van der Waals surface area contributed by atoms with E-state index in [1.807, 2.05) is 12.1 Å². The number of ether oxygens (including phenoxy) is 1. The van der Waals surface area contributed by atoms with Gasteiger partial charge in [0.05, 0.1) is 0 Å². The summed E-state index contributed by atoms with van der Waals surface area (Å²) in [6, 6.07) is 19.4. The zero-order valence-corrected chi connectivity index (χ0v) is 19.6. The Morgan fingerprint density at radius 3 is 2.00 bits per heavy atom. The summed E-state index contributed by atoms with van der Waals surface area (Å²) in [5, 5.41) is 0. The normalized spacial score (nSPS) is 17.5. The summed E-state index contributed by atoms with van der Waals surface area (Å²) in [5.41, 5.74) is 13.6. The Balaban J connectivity index is 0.000000164. The van der Waals surface area contributed by atoms with Crippen LogP contribution in [0.2, 0.25) is 0 Å². The molecule has 4 rings (SSSR count). The van der Waals surface area contributed by atoms with Crippen LogP contribution in [0.3, 0.4) is 0 Å². The summed E-state index contributed by atoms with van der Waals surface area (Å²) >= 11 is 2.27. The molecule has 2 heterocycles. The van der Waals surface area contributed by atoms with Gasteiger partial charge in [0.15, 0.2) is 0 Å². The van der Waals surface area contributed by atoms with E-state index in [9.17, 15) is 0 Å². The lowest BCUT2D eigenvalue weighted by Crippen LogP contribution is -2.28. The van der Waals surface area contributed by atoms with E-state index >= 15 is 0 Å². The lowest BCUT2D eigenvalue weighted by atomic mass is 10.1. The van der Waals surface area contributed by atoms with E-state index in [4.69, 9.17) is 16.2 Å². The van der Waals surface area contributed by atoms with Gasteiger partial charge in [-0.15, -0.1) is 0 Å². The average molecular weight is 509 g/mol. The van der Waals surface area contributed by atoms with Gasteiger partial charge in [0.25, 0.3) is 0 Å². The van der Waals surface area contributed by atoms with Gasteiger partial charge in [-0.2, -0.15) is 0 Å². The molecule has 0 aromatic heterocycles. The van der Waals surface area contributed by atoms with Crippen molar-refractivity contribution < 1.29 is 4.74 Å². The fourth-order valence-corrected chi connectivity index (χ4v) is 3.66. The van der Waals surface area contributed by atoms with Crippen molar-refractivity contribution in [2.75, 3.05) is 26.3 Å². The van der Waals surface area contributed by atoms with Crippen molar-refractivity contribution in [3.63, 3.8) is 0 Å². The van der Waals surface area contributed by atoms with Crippen LogP contribution in [0.5, 0.6) is 0 Å². The molecule has 29 heavy (non-hydrogen) atoms. The summed E-state index contributed by atoms with van der Waals surface area (Å²) < 4.78 is 6.31. The highest BCUT2D eigenvalue weighted by Gasteiger charge is 2.09. The number of halogens is 1. The largest absolute Gasteiger partial charge is 0.381 e. The van der Waals surface area contributed by atoms with Crippen LogP contribution in [0.4, 0.5) is 0 Å². The first-order chi connectivity index (χ1) is 14.2. The summed E-state index contributed by atoms with van der Waals surface area (Å²) in [4.78, 5) is 2.55. The average Bonchev–Trinajstić information content (AvgIpc) is 2.77. The Morgan fingerprint density at radius 1 is 0.862 bits per heavy atom. The maximum absolute atomic E-state index is 5.55. The van der Waals surface area contributed by atoms with E-state index in [0.29, 0.717) is 12.6 Å². The Labute approximate surface area is 190 Å². The third kappa shape index (κ3) is 11.1. The molecule has 2 fully saturated rings. The number of nitrogens with two attached hydrogens (primary N) is 2. The molecule has 2 aliphatic heterocycles. The number of nitrogens with zero attached hydrogens (tertiary/aromatic N) is 1. The van der Waals surface area contributed by atoms with Crippen molar-refractivity contribution in [1.82, 2.24) is 4.90 Å². The minimum atomic E-state index is 0.411. The molecule has 0 radical (unpaired) electrons. The van der Waals surface area contributed by atoms with Gasteiger partial charge in [-0.25, -0.2) is 0 Å². The zero-order valence-electron chi connectivity index (χ0n) is 17.4. The van der Waals surface area contributed by atoms with Crippen molar-refractivity contribution in [2.45, 2.75) is 51.2 Å². The number of piperidine rings is 1. The van der Waals surface area contributed by atoms with E-state index < -0.39 is 0 Å². The molecular formula is C24H36IN3O. The van der Waals surface area contributed by atoms with E-state index in [-0.39, 0.29) is 0 Å². The summed E-state index contributed by atoms with van der Waals surface area (Å²) in [6.45, 7) is 6.07. The van der Waals surface area contributed by atoms with Crippen molar-refractivity contribution >= 4 is 22.6 Å². The number of hydrogen-bond donors (Lipinski definition) is 2. The molecular weight excluding hydrogens is 473 g/mol. The van der Waals surface area contributed by atoms with Crippen LogP contribution in [0.25, 0.3) is 0 Å². The van der Waals surface area contributed by atoms with Crippen LogP contribution in [0, 0.1) is 3.57 Å². The topological polar surface area (TPSA) is 64.5 Å². The monoisotopic (exact) mass is 509 g/mol. The van der Waals surface area contributed by atoms with E-state index in [2.05, 4.69) is 70.0 Å². The zero-order chi connectivity index (χ0) is 20.7. The second-order valence-corrected chi connectivity index (χ2v) is 8.85. The van der Waals surface area contributed by atoms with Gasteiger partial charge in [0.1, 0.15) is 0 Å². The Hall–Kier alpha value is -0.990. The van der Waals surface area contributed by atoms with Gasteiger partial charge in [-0.1, -0.05) is 48.9 Å². The third-order valence-electron chi connectivity index (χ3n) is 5.11. The van der Waals surface area contributed by atoms with Crippen LogP contribution < -0.4 is 11.5 Å². The lowest BCUT2D eigenvalue weighted by Gasteiger charge is -2.26. The first-order valence-electron chi connectivity index (χ1n) is 10.7. The summed E-state index contributed by atoms with van der Waals surface area (Å²) in [5.74, 6) is 0. The standard InChI is InChI=1S/C12H17N.C7H8IN.C5H11NO/c1-3-7-12(8-4-1)11-13-9-5-2-6-10-13;8-7-3-1-6(5-9)2-4-7;6-5-1-3-7-4-2-5/h1,3-4,7-8H,2,5-6,9-11H2;1-4H,5,9H2;5H,1-4,6H2. The molecule has 0 saturated carbocycles. The summed E-state index contributed by atoms with van der Waals surface area (Å²) in [6.07, 6.45) is 6.27. The van der Waals surface area contributed by atoms with E-state index in [1.165, 1.54) is 47.0 Å². The maximum Gasteiger partial charge on any atom is 0.0480 e. The minimum Gasteiger partial charge on any atom is -0.381 e. The predicted molar refractivity (Wildman–Crippen MR) is 131 cm³/mol. The van der Waals surface area contributed by atoms with Crippen LogP contribution >= 0.6 is 22.6 Å². The number of hydrogen-bond acceptors (Lipinski definition) is 4. The fourth-order valence-electron chi connectivity index (χ4n) is 3.30. The molecule has 2 aromatic rings. The molecule has 2 aliphatic rings. The molecule has 0 atom stereocenters. The molecule has 4 N–H and O–H groups in total. The lowest BCUT2D eigenvalue weighted by molar-refractivity contribution is 0.0866. The van der Waals surface area contributed by atoms with E-state index in [1.54, 1.807) is 0 Å².